The SMILES string of the molecule is CC=N/C=C(\C)c1cnc(N)c(OCc2c(C)cccc2F)c1. The number of rotatable bonds is 5. The fourth-order valence-electron chi connectivity index (χ4n) is 2.05. The average Bonchev–Trinajstić information content (AvgIpc) is 2.53. The number of anilines is 1. The summed E-state index contributed by atoms with van der Waals surface area (Å²) in [7, 11) is 0. The third-order valence-electron chi connectivity index (χ3n) is 3.48. The summed E-state index contributed by atoms with van der Waals surface area (Å²) in [5.74, 6) is 0.411. The molecule has 0 saturated carbocycles. The van der Waals surface area contributed by atoms with Gasteiger partial charge in [-0.2, -0.15) is 0 Å². The number of hydrogen-bond acceptors (Lipinski definition) is 4. The van der Waals surface area contributed by atoms with Gasteiger partial charge in [-0.05, 0) is 44.0 Å². The van der Waals surface area contributed by atoms with Gasteiger partial charge < -0.3 is 10.5 Å². The van der Waals surface area contributed by atoms with E-state index in [0.29, 0.717) is 11.3 Å². The Morgan fingerprint density at radius 1 is 1.43 bits per heavy atom. The van der Waals surface area contributed by atoms with E-state index in [9.17, 15) is 4.39 Å². The van der Waals surface area contributed by atoms with Crippen molar-refractivity contribution in [3.63, 3.8) is 0 Å². The Bertz CT molecular complexity index is 734. The minimum Gasteiger partial charge on any atom is -0.485 e. The van der Waals surface area contributed by atoms with E-state index in [1.807, 2.05) is 26.8 Å². The molecule has 1 aromatic heterocycles. The summed E-state index contributed by atoms with van der Waals surface area (Å²) in [6.07, 6.45) is 5.10. The number of hydrogen-bond donors (Lipinski definition) is 1. The maximum absolute atomic E-state index is 13.8. The molecule has 1 aromatic carbocycles. The molecule has 2 aromatic rings. The van der Waals surface area contributed by atoms with E-state index in [2.05, 4.69) is 9.98 Å². The molecule has 0 aliphatic rings. The summed E-state index contributed by atoms with van der Waals surface area (Å²) in [5, 5.41) is 0. The maximum Gasteiger partial charge on any atom is 0.166 e. The van der Waals surface area contributed by atoms with Gasteiger partial charge in [0.25, 0.3) is 0 Å². The quantitative estimate of drug-likeness (QED) is 0.844. The number of nitrogens with two attached hydrogens (primary N) is 1. The first-order valence-corrected chi connectivity index (χ1v) is 7.30. The molecule has 5 heteroatoms. The van der Waals surface area contributed by atoms with Crippen molar-refractivity contribution < 1.29 is 9.13 Å². The third-order valence-corrected chi connectivity index (χ3v) is 3.48. The van der Waals surface area contributed by atoms with Crippen molar-refractivity contribution in [1.82, 2.24) is 4.98 Å². The van der Waals surface area contributed by atoms with Crippen molar-refractivity contribution >= 4 is 17.6 Å². The van der Waals surface area contributed by atoms with Crippen LogP contribution in [0.5, 0.6) is 5.75 Å². The topological polar surface area (TPSA) is 60.5 Å². The molecule has 0 saturated heterocycles. The molecule has 0 aliphatic heterocycles. The highest BCUT2D eigenvalue weighted by atomic mass is 19.1. The van der Waals surface area contributed by atoms with Crippen LogP contribution in [-0.4, -0.2) is 11.2 Å². The van der Waals surface area contributed by atoms with Crippen LogP contribution >= 0.6 is 0 Å². The van der Waals surface area contributed by atoms with Crippen LogP contribution in [0.25, 0.3) is 5.57 Å². The van der Waals surface area contributed by atoms with Crippen molar-refractivity contribution in [2.45, 2.75) is 27.4 Å². The van der Waals surface area contributed by atoms with E-state index >= 15 is 0 Å². The molecule has 2 N–H and O–H groups in total. The zero-order valence-corrected chi connectivity index (χ0v) is 13.5. The van der Waals surface area contributed by atoms with E-state index in [1.54, 1.807) is 30.7 Å². The van der Waals surface area contributed by atoms with Crippen LogP contribution in [-0.2, 0) is 6.61 Å². The summed E-state index contributed by atoms with van der Waals surface area (Å²) in [6.45, 7) is 5.71. The second kappa shape index (κ2) is 7.54. The van der Waals surface area contributed by atoms with Gasteiger partial charge >= 0.3 is 0 Å². The highest BCUT2D eigenvalue weighted by molar-refractivity contribution is 5.68. The van der Waals surface area contributed by atoms with Gasteiger partial charge in [0, 0.05) is 29.7 Å². The normalized spacial score (nSPS) is 11.9. The Morgan fingerprint density at radius 3 is 2.91 bits per heavy atom. The van der Waals surface area contributed by atoms with Crippen molar-refractivity contribution in [3.05, 3.63) is 59.2 Å². The Labute approximate surface area is 135 Å². The van der Waals surface area contributed by atoms with Crippen LogP contribution in [0.15, 0.2) is 41.7 Å². The van der Waals surface area contributed by atoms with Crippen LogP contribution in [0.2, 0.25) is 0 Å². The Kier molecular flexibility index (Phi) is 5.46. The zero-order valence-electron chi connectivity index (χ0n) is 13.5. The number of allylic oxidation sites excluding steroid dienone is 1. The minimum absolute atomic E-state index is 0.101. The smallest absolute Gasteiger partial charge is 0.166 e. The predicted octanol–water partition coefficient (Wildman–Crippen LogP) is 4.14. The summed E-state index contributed by atoms with van der Waals surface area (Å²) in [6, 6.07) is 6.72. The molecule has 0 amide bonds. The first-order valence-electron chi connectivity index (χ1n) is 7.30. The van der Waals surface area contributed by atoms with Gasteiger partial charge in [0.05, 0.1) is 0 Å². The summed E-state index contributed by atoms with van der Waals surface area (Å²) >= 11 is 0. The highest BCUT2D eigenvalue weighted by Crippen LogP contribution is 2.26. The van der Waals surface area contributed by atoms with Crippen LogP contribution in [0.4, 0.5) is 10.2 Å². The lowest BCUT2D eigenvalue weighted by molar-refractivity contribution is 0.299. The Hall–Kier alpha value is -2.69. The van der Waals surface area contributed by atoms with E-state index in [0.717, 1.165) is 16.7 Å². The van der Waals surface area contributed by atoms with Gasteiger partial charge in [-0.1, -0.05) is 12.1 Å². The second-order valence-electron chi connectivity index (χ2n) is 5.15. The molecule has 23 heavy (non-hydrogen) atoms. The molecule has 0 unspecified atom stereocenters. The van der Waals surface area contributed by atoms with Gasteiger partial charge in [-0.3, -0.25) is 4.99 Å². The Morgan fingerprint density at radius 2 is 2.22 bits per heavy atom. The van der Waals surface area contributed by atoms with Gasteiger partial charge in [0.15, 0.2) is 11.6 Å². The van der Waals surface area contributed by atoms with Crippen LogP contribution < -0.4 is 10.5 Å². The molecule has 2 rings (SSSR count). The largest absolute Gasteiger partial charge is 0.485 e. The predicted molar refractivity (Wildman–Crippen MR) is 91.9 cm³/mol. The lowest BCUT2D eigenvalue weighted by Gasteiger charge is -2.12. The number of nitrogen functional groups attached to an aromatic ring is 1. The number of benzene rings is 1. The van der Waals surface area contributed by atoms with Crippen molar-refractivity contribution in [2.24, 2.45) is 4.99 Å². The van der Waals surface area contributed by atoms with E-state index in [1.165, 1.54) is 6.07 Å². The monoisotopic (exact) mass is 313 g/mol. The number of ether oxygens (including phenoxy) is 1. The lowest BCUT2D eigenvalue weighted by Crippen LogP contribution is -2.04. The van der Waals surface area contributed by atoms with Crippen LogP contribution in [0.1, 0.15) is 30.5 Å². The van der Waals surface area contributed by atoms with E-state index in [-0.39, 0.29) is 18.2 Å². The molecule has 4 nitrogen and oxygen atoms in total. The van der Waals surface area contributed by atoms with E-state index < -0.39 is 0 Å². The first kappa shape index (κ1) is 16.7. The third kappa shape index (κ3) is 4.16. The number of aromatic nitrogens is 1. The summed E-state index contributed by atoms with van der Waals surface area (Å²) in [5.41, 5.74) is 8.98. The number of halogens is 1. The van der Waals surface area contributed by atoms with E-state index in [4.69, 9.17) is 10.5 Å². The lowest BCUT2D eigenvalue weighted by atomic mass is 10.1. The number of aliphatic imine (C=N–C) groups is 1. The molecule has 0 aliphatic carbocycles. The summed E-state index contributed by atoms with van der Waals surface area (Å²) < 4.78 is 19.5. The minimum atomic E-state index is -0.291. The molecule has 120 valence electrons. The molecular formula is C18H20FN3O. The van der Waals surface area contributed by atoms with Gasteiger partial charge in [-0.25, -0.2) is 9.37 Å². The molecule has 0 atom stereocenters. The molecule has 0 spiro atoms. The maximum atomic E-state index is 13.8. The molecule has 0 radical (unpaired) electrons. The van der Waals surface area contributed by atoms with Crippen LogP contribution in [0.3, 0.4) is 0 Å². The molecule has 0 fully saturated rings. The Balaban J connectivity index is 2.23. The standard InChI is InChI=1S/C18H20FN3O/c1-4-21-9-13(3)14-8-17(18(20)22-10-14)23-11-15-12(2)6-5-7-16(15)19/h4-10H,11H2,1-3H3,(H2,20,22)/b13-9+,21-4?. The molecular weight excluding hydrogens is 293 g/mol. The number of nitrogens with zero attached hydrogens (tertiary/aromatic N) is 2. The van der Waals surface area contributed by atoms with Crippen molar-refractivity contribution in [2.75, 3.05) is 5.73 Å². The fourth-order valence-corrected chi connectivity index (χ4v) is 2.05. The first-order chi connectivity index (χ1) is 11.0. The highest BCUT2D eigenvalue weighted by Gasteiger charge is 2.09. The number of aryl methyl sites for hydroxylation is 1. The zero-order chi connectivity index (χ0) is 16.8. The molecule has 0 bridgehead atoms. The fraction of sp³-hybridized carbons (Fsp3) is 0.222. The van der Waals surface area contributed by atoms with Gasteiger partial charge in [0.2, 0.25) is 0 Å². The van der Waals surface area contributed by atoms with Crippen LogP contribution in [0, 0.1) is 12.7 Å². The average molecular weight is 313 g/mol. The van der Waals surface area contributed by atoms with Crippen molar-refractivity contribution in [3.8, 4) is 5.75 Å². The van der Waals surface area contributed by atoms with Crippen molar-refractivity contribution in [1.29, 1.82) is 0 Å². The molecule has 1 heterocycles. The van der Waals surface area contributed by atoms with Gasteiger partial charge in [0.1, 0.15) is 12.4 Å². The number of pyridine rings is 1. The second-order valence-corrected chi connectivity index (χ2v) is 5.15. The summed E-state index contributed by atoms with van der Waals surface area (Å²) in [4.78, 5) is 8.21. The van der Waals surface area contributed by atoms with Gasteiger partial charge in [-0.15, -0.1) is 0 Å².